The van der Waals surface area contributed by atoms with Gasteiger partial charge in [0.2, 0.25) is 0 Å². The molecule has 6 heteroatoms. The smallest absolute Gasteiger partial charge is 0.270 e. The van der Waals surface area contributed by atoms with Crippen molar-refractivity contribution in [3.8, 4) is 11.3 Å². The number of fused-ring (bicyclic) bond motifs is 1. The Morgan fingerprint density at radius 3 is 2.21 bits per heavy atom. The quantitative estimate of drug-likeness (QED) is 0.398. The Hall–Kier alpha value is -3.77. The molecule has 0 fully saturated rings. The maximum absolute atomic E-state index is 13.2. The lowest BCUT2D eigenvalue weighted by atomic mass is 10.0. The molecule has 1 aromatic heterocycles. The second kappa shape index (κ2) is 8.08. The van der Waals surface area contributed by atoms with E-state index in [0.29, 0.717) is 11.3 Å². The number of pyridine rings is 1. The van der Waals surface area contributed by atoms with E-state index in [2.05, 4.69) is 5.43 Å². The summed E-state index contributed by atoms with van der Waals surface area (Å²) in [5.41, 5.74) is 12.2. The first-order chi connectivity index (χ1) is 14.1. The van der Waals surface area contributed by atoms with Gasteiger partial charge in [0.25, 0.3) is 5.91 Å². The molecule has 0 spiro atoms. The maximum atomic E-state index is 13.2. The van der Waals surface area contributed by atoms with Crippen LogP contribution in [0.3, 0.4) is 0 Å². The van der Waals surface area contributed by atoms with Crippen molar-refractivity contribution in [2.24, 2.45) is 5.73 Å². The summed E-state index contributed by atoms with van der Waals surface area (Å²) in [7, 11) is 0. The summed E-state index contributed by atoms with van der Waals surface area (Å²) in [5, 5.41) is 2.20. The van der Waals surface area contributed by atoms with E-state index < -0.39 is 0 Å². The van der Waals surface area contributed by atoms with Crippen LogP contribution in [-0.4, -0.2) is 16.0 Å². The summed E-state index contributed by atoms with van der Waals surface area (Å²) in [5.74, 6) is -0.322. The summed E-state index contributed by atoms with van der Waals surface area (Å²) in [4.78, 5) is 18.0. The van der Waals surface area contributed by atoms with Crippen molar-refractivity contribution >= 4 is 39.8 Å². The standard InChI is InChI=1S/C23H18N4OS/c24-23(29)27(17-11-5-2-6-12-17)26-22(28)19-15-21(16-9-3-1-4-10-16)25-20-14-8-7-13-18(19)20/h1-15H,(H2,24,29)(H,26,28). The first-order valence-electron chi connectivity index (χ1n) is 9.04. The largest absolute Gasteiger partial charge is 0.374 e. The molecule has 3 aromatic carbocycles. The minimum Gasteiger partial charge on any atom is -0.374 e. The number of hydrogen-bond donors (Lipinski definition) is 2. The van der Waals surface area contributed by atoms with Crippen LogP contribution in [0.5, 0.6) is 0 Å². The normalized spacial score (nSPS) is 10.5. The van der Waals surface area contributed by atoms with Gasteiger partial charge in [-0.1, -0.05) is 66.7 Å². The third kappa shape index (κ3) is 3.93. The second-order valence-corrected chi connectivity index (χ2v) is 6.81. The lowest BCUT2D eigenvalue weighted by Crippen LogP contribution is -2.49. The molecule has 0 bridgehead atoms. The molecule has 0 saturated carbocycles. The van der Waals surface area contributed by atoms with Gasteiger partial charge in [0.1, 0.15) is 0 Å². The van der Waals surface area contributed by atoms with E-state index in [9.17, 15) is 4.79 Å². The number of anilines is 1. The minimum absolute atomic E-state index is 0.0474. The monoisotopic (exact) mass is 398 g/mol. The molecule has 4 aromatic rings. The van der Waals surface area contributed by atoms with Gasteiger partial charge in [-0.15, -0.1) is 0 Å². The molecule has 0 aliphatic rings. The number of nitrogens with zero attached hydrogens (tertiary/aromatic N) is 2. The van der Waals surface area contributed by atoms with Gasteiger partial charge in [0.15, 0.2) is 5.11 Å². The lowest BCUT2D eigenvalue weighted by Gasteiger charge is -2.23. The zero-order valence-corrected chi connectivity index (χ0v) is 16.3. The van der Waals surface area contributed by atoms with Crippen LogP contribution in [-0.2, 0) is 0 Å². The van der Waals surface area contributed by atoms with Crippen molar-refractivity contribution in [2.45, 2.75) is 0 Å². The lowest BCUT2D eigenvalue weighted by molar-refractivity contribution is 0.0956. The zero-order chi connectivity index (χ0) is 20.2. The van der Waals surface area contributed by atoms with Crippen molar-refractivity contribution in [1.29, 1.82) is 0 Å². The molecule has 0 radical (unpaired) electrons. The number of amides is 1. The molecule has 142 valence electrons. The first kappa shape index (κ1) is 18.6. The molecule has 1 amide bonds. The molecular formula is C23H18N4OS. The highest BCUT2D eigenvalue weighted by atomic mass is 32.1. The van der Waals surface area contributed by atoms with Gasteiger partial charge in [0, 0.05) is 10.9 Å². The molecular weight excluding hydrogens is 380 g/mol. The Kier molecular flexibility index (Phi) is 5.18. The third-order valence-corrected chi connectivity index (χ3v) is 4.66. The molecule has 0 atom stereocenters. The Balaban J connectivity index is 1.78. The van der Waals surface area contributed by atoms with Gasteiger partial charge >= 0.3 is 0 Å². The molecule has 4 rings (SSSR count). The van der Waals surface area contributed by atoms with E-state index in [1.54, 1.807) is 6.07 Å². The highest BCUT2D eigenvalue weighted by Crippen LogP contribution is 2.25. The van der Waals surface area contributed by atoms with E-state index in [0.717, 1.165) is 22.2 Å². The van der Waals surface area contributed by atoms with E-state index in [-0.39, 0.29) is 11.0 Å². The molecule has 0 aliphatic heterocycles. The van der Waals surface area contributed by atoms with Crippen molar-refractivity contribution in [1.82, 2.24) is 10.4 Å². The van der Waals surface area contributed by atoms with Crippen LogP contribution in [0.2, 0.25) is 0 Å². The average molecular weight is 398 g/mol. The number of aromatic nitrogens is 1. The SMILES string of the molecule is NC(=S)N(NC(=O)c1cc(-c2ccccc2)nc2ccccc12)c1ccccc1. The number of rotatable bonds is 3. The molecule has 1 heterocycles. The zero-order valence-electron chi connectivity index (χ0n) is 15.4. The molecule has 3 N–H and O–H groups in total. The van der Waals surface area contributed by atoms with E-state index in [1.807, 2.05) is 84.9 Å². The summed E-state index contributed by atoms with van der Waals surface area (Å²) in [6.45, 7) is 0. The number of carbonyl (C=O) groups is 1. The number of carbonyl (C=O) groups excluding carboxylic acids is 1. The van der Waals surface area contributed by atoms with Crippen LogP contribution in [0.4, 0.5) is 5.69 Å². The third-order valence-electron chi connectivity index (χ3n) is 4.48. The fraction of sp³-hybridized carbons (Fsp3) is 0. The number of nitrogens with two attached hydrogens (primary N) is 1. The first-order valence-corrected chi connectivity index (χ1v) is 9.45. The van der Waals surface area contributed by atoms with Gasteiger partial charge in [-0.05, 0) is 36.5 Å². The number of para-hydroxylation sites is 2. The average Bonchev–Trinajstić information content (AvgIpc) is 2.77. The molecule has 0 saturated heterocycles. The van der Waals surface area contributed by atoms with Crippen LogP contribution in [0.15, 0.2) is 91.0 Å². The van der Waals surface area contributed by atoms with Gasteiger partial charge in [-0.25, -0.2) is 9.99 Å². The summed E-state index contributed by atoms with van der Waals surface area (Å²) in [6.07, 6.45) is 0. The summed E-state index contributed by atoms with van der Waals surface area (Å²) in [6, 6.07) is 28.3. The van der Waals surface area contributed by atoms with Crippen molar-refractivity contribution in [3.63, 3.8) is 0 Å². The fourth-order valence-electron chi connectivity index (χ4n) is 3.11. The van der Waals surface area contributed by atoms with Crippen molar-refractivity contribution < 1.29 is 4.79 Å². The van der Waals surface area contributed by atoms with Crippen LogP contribution in [0.1, 0.15) is 10.4 Å². The molecule has 0 aliphatic carbocycles. The predicted octanol–water partition coefficient (Wildman–Crippen LogP) is 4.30. The van der Waals surface area contributed by atoms with Crippen LogP contribution in [0.25, 0.3) is 22.2 Å². The van der Waals surface area contributed by atoms with Crippen molar-refractivity contribution in [3.05, 3.63) is 96.6 Å². The van der Waals surface area contributed by atoms with Gasteiger partial charge in [0.05, 0.1) is 22.5 Å². The highest BCUT2D eigenvalue weighted by molar-refractivity contribution is 7.80. The Morgan fingerprint density at radius 1 is 0.897 bits per heavy atom. The van der Waals surface area contributed by atoms with Gasteiger partial charge in [-0.3, -0.25) is 10.2 Å². The Labute approximate surface area is 173 Å². The van der Waals surface area contributed by atoms with E-state index in [4.69, 9.17) is 22.9 Å². The topological polar surface area (TPSA) is 71.2 Å². The summed E-state index contributed by atoms with van der Waals surface area (Å²) >= 11 is 5.14. The highest BCUT2D eigenvalue weighted by Gasteiger charge is 2.18. The van der Waals surface area contributed by atoms with E-state index in [1.165, 1.54) is 5.01 Å². The van der Waals surface area contributed by atoms with Gasteiger partial charge in [-0.2, -0.15) is 0 Å². The molecule has 29 heavy (non-hydrogen) atoms. The molecule has 0 unspecified atom stereocenters. The van der Waals surface area contributed by atoms with Gasteiger partial charge < -0.3 is 5.73 Å². The minimum atomic E-state index is -0.322. The van der Waals surface area contributed by atoms with Crippen LogP contribution < -0.4 is 16.2 Å². The molecule has 5 nitrogen and oxygen atoms in total. The Bertz CT molecular complexity index is 1180. The van der Waals surface area contributed by atoms with Crippen molar-refractivity contribution in [2.75, 3.05) is 5.01 Å². The second-order valence-electron chi connectivity index (χ2n) is 6.39. The predicted molar refractivity (Wildman–Crippen MR) is 120 cm³/mol. The number of hydrogen-bond acceptors (Lipinski definition) is 3. The van der Waals surface area contributed by atoms with Crippen LogP contribution >= 0.6 is 12.2 Å². The number of benzene rings is 3. The Morgan fingerprint density at radius 2 is 1.52 bits per heavy atom. The number of nitrogens with one attached hydrogen (secondary N) is 1. The van der Waals surface area contributed by atoms with E-state index >= 15 is 0 Å². The number of thiocarbonyl (C=S) groups is 1. The summed E-state index contributed by atoms with van der Waals surface area (Å²) < 4.78 is 0. The maximum Gasteiger partial charge on any atom is 0.270 e. The number of hydrazine groups is 1. The fourth-order valence-corrected chi connectivity index (χ4v) is 3.26. The van der Waals surface area contributed by atoms with Crippen LogP contribution in [0, 0.1) is 0 Å².